The van der Waals surface area contributed by atoms with Gasteiger partial charge in [0.25, 0.3) is 0 Å². The predicted molar refractivity (Wildman–Crippen MR) is 73.5 cm³/mol. The molecule has 2 aromatic rings. The van der Waals surface area contributed by atoms with E-state index in [9.17, 15) is 9.90 Å². The van der Waals surface area contributed by atoms with Crippen LogP contribution in [-0.2, 0) is 0 Å². The maximum absolute atomic E-state index is 10.9. The number of carboxylic acid groups (broad SMARTS) is 1. The average molecular weight is 257 g/mol. The molecule has 98 valence electrons. The van der Waals surface area contributed by atoms with E-state index >= 15 is 0 Å². The van der Waals surface area contributed by atoms with Crippen LogP contribution in [0.3, 0.4) is 0 Å². The topological polar surface area (TPSA) is 69.6 Å². The van der Waals surface area contributed by atoms with Crippen LogP contribution in [0.2, 0.25) is 0 Å². The van der Waals surface area contributed by atoms with Crippen molar-refractivity contribution in [2.45, 2.75) is 13.0 Å². The SMILES string of the molecule is CC(Nc1cccc(C(=O)O)c1)c1ccccc1O. The number of anilines is 1. The monoisotopic (exact) mass is 257 g/mol. The molecule has 4 nitrogen and oxygen atoms in total. The minimum atomic E-state index is -0.959. The minimum Gasteiger partial charge on any atom is -0.508 e. The smallest absolute Gasteiger partial charge is 0.335 e. The number of nitrogens with one attached hydrogen (secondary N) is 1. The van der Waals surface area contributed by atoms with Crippen LogP contribution in [-0.4, -0.2) is 16.2 Å². The molecule has 0 aliphatic rings. The molecule has 0 spiro atoms. The van der Waals surface area contributed by atoms with Crippen molar-refractivity contribution in [2.24, 2.45) is 0 Å². The lowest BCUT2D eigenvalue weighted by molar-refractivity contribution is 0.0697. The van der Waals surface area contributed by atoms with Crippen LogP contribution < -0.4 is 5.32 Å². The van der Waals surface area contributed by atoms with E-state index in [4.69, 9.17) is 5.11 Å². The Bertz CT molecular complexity index is 595. The van der Waals surface area contributed by atoms with E-state index in [0.29, 0.717) is 5.69 Å². The van der Waals surface area contributed by atoms with E-state index in [1.807, 2.05) is 19.1 Å². The van der Waals surface area contributed by atoms with Gasteiger partial charge in [0.1, 0.15) is 5.75 Å². The highest BCUT2D eigenvalue weighted by atomic mass is 16.4. The summed E-state index contributed by atoms with van der Waals surface area (Å²) in [7, 11) is 0. The van der Waals surface area contributed by atoms with Crippen LogP contribution in [0.1, 0.15) is 28.9 Å². The van der Waals surface area contributed by atoms with E-state index in [0.717, 1.165) is 5.56 Å². The Morgan fingerprint density at radius 1 is 1.16 bits per heavy atom. The first kappa shape index (κ1) is 13.0. The third-order valence-electron chi connectivity index (χ3n) is 2.90. The first-order valence-electron chi connectivity index (χ1n) is 5.95. The van der Waals surface area contributed by atoms with E-state index in [2.05, 4.69) is 5.32 Å². The van der Waals surface area contributed by atoms with Crippen LogP contribution in [0.4, 0.5) is 5.69 Å². The van der Waals surface area contributed by atoms with Gasteiger partial charge in [0.05, 0.1) is 11.6 Å². The van der Waals surface area contributed by atoms with Gasteiger partial charge in [-0.05, 0) is 31.2 Å². The number of para-hydroxylation sites is 1. The van der Waals surface area contributed by atoms with Crippen molar-refractivity contribution in [1.29, 1.82) is 0 Å². The van der Waals surface area contributed by atoms with Crippen molar-refractivity contribution < 1.29 is 15.0 Å². The molecule has 3 N–H and O–H groups in total. The van der Waals surface area contributed by atoms with Gasteiger partial charge in [0.15, 0.2) is 0 Å². The summed E-state index contributed by atoms with van der Waals surface area (Å²) in [5.41, 5.74) is 1.70. The summed E-state index contributed by atoms with van der Waals surface area (Å²) in [6.45, 7) is 1.91. The molecule has 0 bridgehead atoms. The van der Waals surface area contributed by atoms with Gasteiger partial charge in [0, 0.05) is 11.3 Å². The van der Waals surface area contributed by atoms with Gasteiger partial charge < -0.3 is 15.5 Å². The summed E-state index contributed by atoms with van der Waals surface area (Å²) in [5, 5.41) is 21.9. The molecule has 1 atom stereocenters. The zero-order valence-corrected chi connectivity index (χ0v) is 10.5. The summed E-state index contributed by atoms with van der Waals surface area (Å²) in [6.07, 6.45) is 0. The number of hydrogen-bond donors (Lipinski definition) is 3. The Kier molecular flexibility index (Phi) is 3.71. The number of hydrogen-bond acceptors (Lipinski definition) is 3. The van der Waals surface area contributed by atoms with E-state index in [1.54, 1.807) is 30.3 Å². The van der Waals surface area contributed by atoms with Gasteiger partial charge in [-0.2, -0.15) is 0 Å². The number of carboxylic acids is 1. The largest absolute Gasteiger partial charge is 0.508 e. The molecule has 0 fully saturated rings. The first-order chi connectivity index (χ1) is 9.08. The molecule has 0 amide bonds. The quantitative estimate of drug-likeness (QED) is 0.786. The number of carbonyl (C=O) groups is 1. The highest BCUT2D eigenvalue weighted by Crippen LogP contribution is 2.26. The number of phenols is 1. The van der Waals surface area contributed by atoms with E-state index < -0.39 is 5.97 Å². The number of phenolic OH excluding ortho intramolecular Hbond substituents is 1. The standard InChI is InChI=1S/C15H15NO3/c1-10(13-7-2-3-8-14(13)17)16-12-6-4-5-11(9-12)15(18)19/h2-10,16-17H,1H3,(H,18,19). The maximum atomic E-state index is 10.9. The Balaban J connectivity index is 2.19. The number of benzene rings is 2. The van der Waals surface area contributed by atoms with Crippen molar-refractivity contribution in [3.63, 3.8) is 0 Å². The molecular weight excluding hydrogens is 242 g/mol. The number of aromatic carboxylic acids is 1. The summed E-state index contributed by atoms with van der Waals surface area (Å²) < 4.78 is 0. The molecule has 19 heavy (non-hydrogen) atoms. The minimum absolute atomic E-state index is 0.120. The molecule has 2 rings (SSSR count). The Morgan fingerprint density at radius 3 is 2.58 bits per heavy atom. The van der Waals surface area contributed by atoms with Crippen LogP contribution in [0.5, 0.6) is 5.75 Å². The highest BCUT2D eigenvalue weighted by Gasteiger charge is 2.10. The second-order valence-electron chi connectivity index (χ2n) is 4.31. The predicted octanol–water partition coefficient (Wildman–Crippen LogP) is 3.26. The van der Waals surface area contributed by atoms with Gasteiger partial charge in [-0.3, -0.25) is 0 Å². The fourth-order valence-electron chi connectivity index (χ4n) is 1.92. The second-order valence-corrected chi connectivity index (χ2v) is 4.31. The van der Waals surface area contributed by atoms with Crippen molar-refractivity contribution in [1.82, 2.24) is 0 Å². The van der Waals surface area contributed by atoms with Crippen molar-refractivity contribution in [2.75, 3.05) is 5.32 Å². The fourth-order valence-corrected chi connectivity index (χ4v) is 1.92. The molecular formula is C15H15NO3. The molecule has 0 saturated carbocycles. The summed E-state index contributed by atoms with van der Waals surface area (Å²) in [6, 6.07) is 13.5. The van der Waals surface area contributed by atoms with Crippen LogP contribution in [0, 0.1) is 0 Å². The zero-order chi connectivity index (χ0) is 13.8. The third-order valence-corrected chi connectivity index (χ3v) is 2.90. The Morgan fingerprint density at radius 2 is 1.89 bits per heavy atom. The summed E-state index contributed by atoms with van der Waals surface area (Å²) >= 11 is 0. The average Bonchev–Trinajstić information content (AvgIpc) is 2.39. The van der Waals surface area contributed by atoms with Gasteiger partial charge in [0.2, 0.25) is 0 Å². The molecule has 2 aromatic carbocycles. The molecule has 0 heterocycles. The lowest BCUT2D eigenvalue weighted by Gasteiger charge is -2.17. The van der Waals surface area contributed by atoms with Gasteiger partial charge >= 0.3 is 5.97 Å². The maximum Gasteiger partial charge on any atom is 0.335 e. The van der Waals surface area contributed by atoms with Crippen molar-refractivity contribution in [3.05, 3.63) is 59.7 Å². The van der Waals surface area contributed by atoms with Crippen LogP contribution in [0.15, 0.2) is 48.5 Å². The van der Waals surface area contributed by atoms with Crippen molar-refractivity contribution >= 4 is 11.7 Å². The molecule has 4 heteroatoms. The molecule has 0 radical (unpaired) electrons. The Labute approximate surface area is 111 Å². The normalized spacial score (nSPS) is 11.8. The van der Waals surface area contributed by atoms with Gasteiger partial charge in [-0.15, -0.1) is 0 Å². The zero-order valence-electron chi connectivity index (χ0n) is 10.5. The molecule has 0 saturated heterocycles. The second kappa shape index (κ2) is 5.44. The molecule has 0 aromatic heterocycles. The molecule has 0 aliphatic heterocycles. The summed E-state index contributed by atoms with van der Waals surface area (Å²) in [4.78, 5) is 10.9. The number of aromatic hydroxyl groups is 1. The molecule has 1 unspecified atom stereocenters. The molecule has 0 aliphatic carbocycles. The van der Waals surface area contributed by atoms with Crippen LogP contribution >= 0.6 is 0 Å². The van der Waals surface area contributed by atoms with Gasteiger partial charge in [-0.25, -0.2) is 4.79 Å². The highest BCUT2D eigenvalue weighted by molar-refractivity contribution is 5.88. The fraction of sp³-hybridized carbons (Fsp3) is 0.133. The summed E-state index contributed by atoms with van der Waals surface area (Å²) in [5.74, 6) is -0.740. The lowest BCUT2D eigenvalue weighted by atomic mass is 10.1. The first-order valence-corrected chi connectivity index (χ1v) is 5.95. The number of rotatable bonds is 4. The third kappa shape index (κ3) is 3.04. The van der Waals surface area contributed by atoms with Crippen LogP contribution in [0.25, 0.3) is 0 Å². The Hall–Kier alpha value is -2.49. The van der Waals surface area contributed by atoms with E-state index in [1.165, 1.54) is 6.07 Å². The lowest BCUT2D eigenvalue weighted by Crippen LogP contribution is -2.07. The van der Waals surface area contributed by atoms with Gasteiger partial charge in [-0.1, -0.05) is 24.3 Å². The van der Waals surface area contributed by atoms with E-state index in [-0.39, 0.29) is 17.4 Å². The van der Waals surface area contributed by atoms with Crippen molar-refractivity contribution in [3.8, 4) is 5.75 Å².